The van der Waals surface area contributed by atoms with Gasteiger partial charge in [-0.25, -0.2) is 0 Å². The van der Waals surface area contributed by atoms with Crippen molar-refractivity contribution in [1.82, 2.24) is 10.1 Å². The number of nitrogens with zero attached hydrogens (tertiary/aromatic N) is 2. The summed E-state index contributed by atoms with van der Waals surface area (Å²) in [6.07, 6.45) is 4.16. The topological polar surface area (TPSA) is 64.9 Å². The summed E-state index contributed by atoms with van der Waals surface area (Å²) in [5.74, 6) is 1.23. The number of aromatic nitrogens is 2. The maximum absolute atomic E-state index is 6.38. The third-order valence-electron chi connectivity index (χ3n) is 4.08. The molecule has 0 saturated heterocycles. The molecule has 1 aromatic carbocycles. The van der Waals surface area contributed by atoms with Crippen molar-refractivity contribution in [3.05, 3.63) is 35.5 Å². The second-order valence-corrected chi connectivity index (χ2v) is 6.34. The van der Waals surface area contributed by atoms with Gasteiger partial charge < -0.3 is 10.3 Å². The first-order valence-corrected chi connectivity index (χ1v) is 7.74. The van der Waals surface area contributed by atoms with Crippen molar-refractivity contribution in [2.75, 3.05) is 0 Å². The van der Waals surface area contributed by atoms with E-state index in [1.807, 2.05) is 12.1 Å². The van der Waals surface area contributed by atoms with Crippen LogP contribution in [0.2, 0.25) is 0 Å². The van der Waals surface area contributed by atoms with Crippen LogP contribution < -0.4 is 5.73 Å². The summed E-state index contributed by atoms with van der Waals surface area (Å²) >= 11 is 1.69. The number of hydrogen-bond acceptors (Lipinski definition) is 5. The van der Waals surface area contributed by atoms with Crippen molar-refractivity contribution in [2.24, 2.45) is 5.73 Å². The molecule has 0 amide bonds. The Hall–Kier alpha value is -1.43. The van der Waals surface area contributed by atoms with Gasteiger partial charge in [-0.15, -0.1) is 23.7 Å². The predicted molar refractivity (Wildman–Crippen MR) is 86.7 cm³/mol. The van der Waals surface area contributed by atoms with Gasteiger partial charge in [0.05, 0.1) is 11.1 Å². The molecule has 2 aromatic heterocycles. The van der Waals surface area contributed by atoms with E-state index in [9.17, 15) is 0 Å². The second kappa shape index (κ2) is 5.40. The van der Waals surface area contributed by atoms with Crippen molar-refractivity contribution >= 4 is 33.8 Å². The molecule has 4 nitrogen and oxygen atoms in total. The number of fused-ring (bicyclic) bond motifs is 1. The van der Waals surface area contributed by atoms with Gasteiger partial charge in [-0.05, 0) is 18.9 Å². The first kappa shape index (κ1) is 14.5. The van der Waals surface area contributed by atoms with Gasteiger partial charge in [0.2, 0.25) is 0 Å². The highest BCUT2D eigenvalue weighted by Crippen LogP contribution is 2.37. The van der Waals surface area contributed by atoms with E-state index in [0.29, 0.717) is 11.7 Å². The van der Waals surface area contributed by atoms with Crippen molar-refractivity contribution in [3.63, 3.8) is 0 Å². The number of thiophene rings is 1. The number of halogens is 1. The highest BCUT2D eigenvalue weighted by atomic mass is 35.5. The number of nitrogens with two attached hydrogens (primary N) is 1. The summed E-state index contributed by atoms with van der Waals surface area (Å²) < 4.78 is 6.69. The van der Waals surface area contributed by atoms with E-state index in [1.165, 1.54) is 4.70 Å². The Morgan fingerprint density at radius 2 is 1.95 bits per heavy atom. The van der Waals surface area contributed by atoms with Gasteiger partial charge in [-0.2, -0.15) is 4.98 Å². The van der Waals surface area contributed by atoms with Gasteiger partial charge in [-0.3, -0.25) is 0 Å². The number of hydrogen-bond donors (Lipinski definition) is 1. The molecule has 2 N–H and O–H groups in total. The summed E-state index contributed by atoms with van der Waals surface area (Å²) in [7, 11) is 0. The zero-order chi connectivity index (χ0) is 13.6. The van der Waals surface area contributed by atoms with Gasteiger partial charge in [0.25, 0.3) is 5.89 Å². The van der Waals surface area contributed by atoms with Crippen LogP contribution in [-0.4, -0.2) is 10.1 Å². The lowest BCUT2D eigenvalue weighted by Crippen LogP contribution is -2.34. The van der Waals surface area contributed by atoms with E-state index >= 15 is 0 Å². The SMILES string of the molecule is Cl.NC1(c2noc(-c3csc4ccccc34)n2)CCCC1. The molecule has 21 heavy (non-hydrogen) atoms. The lowest BCUT2D eigenvalue weighted by molar-refractivity contribution is 0.373. The van der Waals surface area contributed by atoms with E-state index in [1.54, 1.807) is 11.3 Å². The van der Waals surface area contributed by atoms with E-state index in [4.69, 9.17) is 10.3 Å². The minimum atomic E-state index is -0.395. The summed E-state index contributed by atoms with van der Waals surface area (Å²) in [6.45, 7) is 0. The van der Waals surface area contributed by atoms with Crippen molar-refractivity contribution < 1.29 is 4.52 Å². The molecule has 3 aromatic rings. The molecule has 0 aliphatic heterocycles. The largest absolute Gasteiger partial charge is 0.334 e. The van der Waals surface area contributed by atoms with Gasteiger partial charge in [0.1, 0.15) is 0 Å². The van der Waals surface area contributed by atoms with Gasteiger partial charge in [-0.1, -0.05) is 36.2 Å². The Kier molecular flexibility index (Phi) is 3.73. The summed E-state index contributed by atoms with van der Waals surface area (Å²) in [5, 5.41) is 7.35. The third kappa shape index (κ3) is 2.35. The molecule has 0 bridgehead atoms. The van der Waals surface area contributed by atoms with E-state index in [2.05, 4.69) is 27.7 Å². The lowest BCUT2D eigenvalue weighted by Gasteiger charge is -2.17. The zero-order valence-electron chi connectivity index (χ0n) is 11.4. The Morgan fingerprint density at radius 1 is 1.19 bits per heavy atom. The Bertz CT molecular complexity index is 761. The molecule has 2 heterocycles. The summed E-state index contributed by atoms with van der Waals surface area (Å²) in [6, 6.07) is 8.24. The van der Waals surface area contributed by atoms with Crippen LogP contribution in [0.1, 0.15) is 31.5 Å². The first-order valence-electron chi connectivity index (χ1n) is 6.86. The van der Waals surface area contributed by atoms with Crippen molar-refractivity contribution in [3.8, 4) is 11.5 Å². The van der Waals surface area contributed by atoms with E-state index < -0.39 is 5.54 Å². The molecule has 1 fully saturated rings. The predicted octanol–water partition coefficient (Wildman–Crippen LogP) is 4.10. The highest BCUT2D eigenvalue weighted by molar-refractivity contribution is 7.17. The van der Waals surface area contributed by atoms with Gasteiger partial charge >= 0.3 is 0 Å². The molecule has 1 aliphatic rings. The normalized spacial score (nSPS) is 17.0. The minimum absolute atomic E-state index is 0. The molecule has 4 rings (SSSR count). The maximum atomic E-state index is 6.38. The molecule has 0 radical (unpaired) electrons. The van der Waals surface area contributed by atoms with Crippen LogP contribution in [0.4, 0.5) is 0 Å². The van der Waals surface area contributed by atoms with Crippen LogP contribution in [0.15, 0.2) is 34.2 Å². The Morgan fingerprint density at radius 3 is 2.76 bits per heavy atom. The molecule has 0 spiro atoms. The van der Waals surface area contributed by atoms with Crippen LogP contribution in [0.5, 0.6) is 0 Å². The Balaban J connectivity index is 0.00000132. The first-order chi connectivity index (χ1) is 9.76. The number of rotatable bonds is 2. The molecule has 0 atom stereocenters. The van der Waals surface area contributed by atoms with Crippen LogP contribution in [-0.2, 0) is 5.54 Å². The number of benzene rings is 1. The van der Waals surface area contributed by atoms with Crippen LogP contribution in [0.25, 0.3) is 21.5 Å². The monoisotopic (exact) mass is 321 g/mol. The van der Waals surface area contributed by atoms with Crippen molar-refractivity contribution in [1.29, 1.82) is 0 Å². The molecular weight excluding hydrogens is 306 g/mol. The fourth-order valence-corrected chi connectivity index (χ4v) is 3.84. The molecule has 1 saturated carbocycles. The van der Waals surface area contributed by atoms with Gasteiger partial charge in [0.15, 0.2) is 5.82 Å². The molecule has 6 heteroatoms. The Labute approximate surface area is 132 Å². The molecule has 0 unspecified atom stereocenters. The molecular formula is C15H16ClN3OS. The van der Waals surface area contributed by atoms with Crippen molar-refractivity contribution in [2.45, 2.75) is 31.2 Å². The van der Waals surface area contributed by atoms with Gasteiger partial charge in [0, 0.05) is 15.5 Å². The second-order valence-electron chi connectivity index (χ2n) is 5.43. The summed E-state index contributed by atoms with van der Waals surface area (Å²) in [5.41, 5.74) is 6.99. The van der Waals surface area contributed by atoms with Crippen LogP contribution in [0.3, 0.4) is 0 Å². The molecule has 110 valence electrons. The maximum Gasteiger partial charge on any atom is 0.259 e. The smallest absolute Gasteiger partial charge is 0.259 e. The van der Waals surface area contributed by atoms with E-state index in [0.717, 1.165) is 36.6 Å². The minimum Gasteiger partial charge on any atom is -0.334 e. The van der Waals surface area contributed by atoms with Crippen LogP contribution >= 0.6 is 23.7 Å². The van der Waals surface area contributed by atoms with Crippen LogP contribution in [0, 0.1) is 0 Å². The fraction of sp³-hybridized carbons (Fsp3) is 0.333. The quantitative estimate of drug-likeness (QED) is 0.771. The standard InChI is InChI=1S/C15H15N3OS.ClH/c16-15(7-3-4-8-15)14-17-13(19-18-14)11-9-20-12-6-2-1-5-10(11)12;/h1-2,5-6,9H,3-4,7-8,16H2;1H. The summed E-state index contributed by atoms with van der Waals surface area (Å²) in [4.78, 5) is 4.56. The third-order valence-corrected chi connectivity index (χ3v) is 5.04. The fourth-order valence-electron chi connectivity index (χ4n) is 2.91. The lowest BCUT2D eigenvalue weighted by atomic mass is 9.99. The highest BCUT2D eigenvalue weighted by Gasteiger charge is 2.36. The average Bonchev–Trinajstić information content (AvgIpc) is 3.16. The average molecular weight is 322 g/mol. The molecule has 1 aliphatic carbocycles. The zero-order valence-corrected chi connectivity index (χ0v) is 13.0. The van der Waals surface area contributed by atoms with E-state index in [-0.39, 0.29) is 12.4 Å².